The third kappa shape index (κ3) is 4.22. The van der Waals surface area contributed by atoms with Crippen LogP contribution in [0.5, 0.6) is 5.75 Å². The van der Waals surface area contributed by atoms with Gasteiger partial charge in [-0.05, 0) is 37.3 Å². The molecule has 12 heteroatoms. The van der Waals surface area contributed by atoms with E-state index >= 15 is 0 Å². The average Bonchev–Trinajstić information content (AvgIpc) is 3.48. The van der Waals surface area contributed by atoms with Crippen LogP contribution in [0.25, 0.3) is 5.69 Å². The molecule has 6 nitrogen and oxygen atoms in total. The van der Waals surface area contributed by atoms with Crippen LogP contribution in [0.4, 0.5) is 26.3 Å². The fourth-order valence-electron chi connectivity index (χ4n) is 3.43. The van der Waals surface area contributed by atoms with Gasteiger partial charge in [-0.2, -0.15) is 13.9 Å². The SMILES string of the molecule is C[C@@H](n1ncn(-c2ccc(OCC(F)(F)C(F)F)cc2)c1=O)[C@@]1(c2ccc(F)cc2F)CO1. The largest absolute Gasteiger partial charge is 0.487 e. The van der Waals surface area contributed by atoms with Gasteiger partial charge in [-0.1, -0.05) is 6.07 Å². The van der Waals surface area contributed by atoms with E-state index < -0.39 is 47.9 Å². The molecule has 176 valence electrons. The van der Waals surface area contributed by atoms with Crippen LogP contribution in [-0.2, 0) is 10.3 Å². The summed E-state index contributed by atoms with van der Waals surface area (Å²) in [7, 11) is 0. The number of aromatic nitrogens is 3. The van der Waals surface area contributed by atoms with Gasteiger partial charge in [0.05, 0.1) is 18.3 Å². The fourth-order valence-corrected chi connectivity index (χ4v) is 3.43. The zero-order valence-electron chi connectivity index (χ0n) is 17.0. The number of nitrogens with zero attached hydrogens (tertiary/aromatic N) is 3. The summed E-state index contributed by atoms with van der Waals surface area (Å²) in [4.78, 5) is 12.9. The lowest BCUT2D eigenvalue weighted by atomic mass is 9.92. The maximum atomic E-state index is 14.3. The first-order valence-electron chi connectivity index (χ1n) is 9.70. The van der Waals surface area contributed by atoms with Crippen molar-refractivity contribution >= 4 is 0 Å². The van der Waals surface area contributed by atoms with Crippen LogP contribution >= 0.6 is 0 Å². The van der Waals surface area contributed by atoms with Gasteiger partial charge in [0.1, 0.15) is 29.3 Å². The Labute approximate surface area is 183 Å². The molecule has 3 aromatic rings. The van der Waals surface area contributed by atoms with E-state index in [9.17, 15) is 31.1 Å². The number of halogens is 6. The number of hydrogen-bond donors (Lipinski definition) is 0. The molecule has 4 rings (SSSR count). The number of ether oxygens (including phenoxy) is 2. The molecule has 1 aliphatic heterocycles. The van der Waals surface area contributed by atoms with E-state index in [1.54, 1.807) is 6.92 Å². The minimum atomic E-state index is -4.29. The molecule has 1 saturated heterocycles. The second kappa shape index (κ2) is 8.25. The van der Waals surface area contributed by atoms with Gasteiger partial charge in [0.15, 0.2) is 6.61 Å². The van der Waals surface area contributed by atoms with Gasteiger partial charge in [-0.15, -0.1) is 0 Å². The molecule has 0 unspecified atom stereocenters. The standard InChI is InChI=1S/C21H17F6N3O3/c1-12(20(9-33-20)16-7-2-13(22)8-17(16)23)30-19(31)29(11-28-30)14-3-5-15(6-4-14)32-10-21(26,27)18(24)25/h2-8,11-12,18H,9-10H2,1H3/t12-,20-/m1/s1. The summed E-state index contributed by atoms with van der Waals surface area (Å²) in [5.74, 6) is -5.94. The van der Waals surface area contributed by atoms with Crippen molar-refractivity contribution in [2.24, 2.45) is 0 Å². The Bertz CT molecular complexity index is 1200. The molecule has 1 fully saturated rings. The normalized spacial score (nSPS) is 19.0. The molecule has 1 aliphatic rings. The molecule has 0 aliphatic carbocycles. The zero-order valence-corrected chi connectivity index (χ0v) is 17.0. The van der Waals surface area contributed by atoms with Crippen molar-refractivity contribution in [3.05, 3.63) is 76.5 Å². The van der Waals surface area contributed by atoms with E-state index in [1.807, 2.05) is 0 Å². The zero-order chi connectivity index (χ0) is 24.0. The highest BCUT2D eigenvalue weighted by Crippen LogP contribution is 2.48. The van der Waals surface area contributed by atoms with Crippen molar-refractivity contribution in [2.75, 3.05) is 13.2 Å². The van der Waals surface area contributed by atoms with E-state index in [2.05, 4.69) is 5.10 Å². The molecular weight excluding hydrogens is 456 g/mol. The Kier molecular flexibility index (Phi) is 5.72. The van der Waals surface area contributed by atoms with Gasteiger partial charge in [0.25, 0.3) is 0 Å². The van der Waals surface area contributed by atoms with Crippen molar-refractivity contribution in [1.82, 2.24) is 14.3 Å². The van der Waals surface area contributed by atoms with Crippen LogP contribution in [0.3, 0.4) is 0 Å². The summed E-state index contributed by atoms with van der Waals surface area (Å²) in [5, 5.41) is 4.06. The first-order valence-corrected chi connectivity index (χ1v) is 9.70. The van der Waals surface area contributed by atoms with Crippen molar-refractivity contribution < 1.29 is 35.8 Å². The monoisotopic (exact) mass is 473 g/mol. The molecule has 0 amide bonds. The summed E-state index contributed by atoms with van der Waals surface area (Å²) in [6.45, 7) is 0.210. The summed E-state index contributed by atoms with van der Waals surface area (Å²) < 4.78 is 90.4. The lowest BCUT2D eigenvalue weighted by Gasteiger charge is -2.20. The molecule has 2 atom stereocenters. The van der Waals surface area contributed by atoms with E-state index in [0.29, 0.717) is 5.69 Å². The topological polar surface area (TPSA) is 61.6 Å². The summed E-state index contributed by atoms with van der Waals surface area (Å²) in [6.07, 6.45) is -2.65. The summed E-state index contributed by atoms with van der Waals surface area (Å²) in [5.41, 5.74) is -1.39. The first kappa shape index (κ1) is 22.9. The molecule has 33 heavy (non-hydrogen) atoms. The summed E-state index contributed by atoms with van der Waals surface area (Å²) in [6, 6.07) is 7.53. The lowest BCUT2D eigenvalue weighted by Crippen LogP contribution is -2.34. The van der Waals surface area contributed by atoms with Crippen LogP contribution in [0.15, 0.2) is 53.6 Å². The van der Waals surface area contributed by atoms with Crippen molar-refractivity contribution in [3.8, 4) is 11.4 Å². The maximum absolute atomic E-state index is 14.3. The quantitative estimate of drug-likeness (QED) is 0.366. The molecule has 0 spiro atoms. The smallest absolute Gasteiger partial charge is 0.350 e. The first-order chi connectivity index (χ1) is 15.5. The molecule has 2 heterocycles. The Hall–Kier alpha value is -3.28. The highest BCUT2D eigenvalue weighted by Gasteiger charge is 2.54. The summed E-state index contributed by atoms with van der Waals surface area (Å²) >= 11 is 0. The minimum absolute atomic E-state index is 0.0926. The number of rotatable bonds is 8. The van der Waals surface area contributed by atoms with Crippen LogP contribution in [0.1, 0.15) is 18.5 Å². The van der Waals surface area contributed by atoms with Gasteiger partial charge < -0.3 is 9.47 Å². The number of hydrogen-bond acceptors (Lipinski definition) is 4. The van der Waals surface area contributed by atoms with E-state index in [4.69, 9.17) is 9.47 Å². The predicted molar refractivity (Wildman–Crippen MR) is 103 cm³/mol. The Morgan fingerprint density at radius 3 is 2.42 bits per heavy atom. The number of alkyl halides is 4. The Morgan fingerprint density at radius 2 is 1.85 bits per heavy atom. The van der Waals surface area contributed by atoms with Crippen LogP contribution < -0.4 is 10.4 Å². The van der Waals surface area contributed by atoms with E-state index in [-0.39, 0.29) is 17.9 Å². The third-order valence-electron chi connectivity index (χ3n) is 5.44. The molecule has 0 N–H and O–H groups in total. The molecular formula is C21H17F6N3O3. The van der Waals surface area contributed by atoms with Gasteiger partial charge in [0.2, 0.25) is 0 Å². The van der Waals surface area contributed by atoms with E-state index in [0.717, 1.165) is 21.4 Å². The Morgan fingerprint density at radius 1 is 1.18 bits per heavy atom. The highest BCUT2D eigenvalue weighted by molar-refractivity contribution is 5.37. The lowest BCUT2D eigenvalue weighted by molar-refractivity contribution is -0.148. The predicted octanol–water partition coefficient (Wildman–Crippen LogP) is 4.08. The van der Waals surface area contributed by atoms with Gasteiger partial charge in [-0.3, -0.25) is 0 Å². The van der Waals surface area contributed by atoms with Crippen molar-refractivity contribution in [2.45, 2.75) is 30.9 Å². The fraction of sp³-hybridized carbons (Fsp3) is 0.333. The number of epoxide rings is 1. The molecule has 0 saturated carbocycles. The molecule has 0 bridgehead atoms. The highest BCUT2D eigenvalue weighted by atomic mass is 19.3. The van der Waals surface area contributed by atoms with Crippen molar-refractivity contribution in [3.63, 3.8) is 0 Å². The van der Waals surface area contributed by atoms with E-state index in [1.165, 1.54) is 36.7 Å². The second-order valence-corrected chi connectivity index (χ2v) is 7.55. The van der Waals surface area contributed by atoms with Crippen LogP contribution in [0.2, 0.25) is 0 Å². The molecule has 0 radical (unpaired) electrons. The van der Waals surface area contributed by atoms with Gasteiger partial charge >= 0.3 is 18.0 Å². The van der Waals surface area contributed by atoms with Gasteiger partial charge in [-0.25, -0.2) is 31.6 Å². The van der Waals surface area contributed by atoms with Crippen LogP contribution in [0, 0.1) is 11.6 Å². The molecule has 1 aromatic heterocycles. The average molecular weight is 473 g/mol. The minimum Gasteiger partial charge on any atom is -0.487 e. The van der Waals surface area contributed by atoms with Gasteiger partial charge in [0, 0.05) is 11.6 Å². The second-order valence-electron chi connectivity index (χ2n) is 7.55. The van der Waals surface area contributed by atoms with Crippen molar-refractivity contribution in [1.29, 1.82) is 0 Å². The maximum Gasteiger partial charge on any atom is 0.350 e. The Balaban J connectivity index is 1.54. The van der Waals surface area contributed by atoms with Crippen LogP contribution in [-0.4, -0.2) is 39.9 Å². The third-order valence-corrected chi connectivity index (χ3v) is 5.44. The molecule has 2 aromatic carbocycles. The number of benzene rings is 2.